The average molecular weight is 261 g/mol. The number of carbonyl (C=O) groups is 2. The first-order chi connectivity index (χ1) is 9.02. The number of nitrogens with one attached hydrogen (secondary N) is 1. The van der Waals surface area contributed by atoms with Crippen LogP contribution >= 0.6 is 0 Å². The summed E-state index contributed by atoms with van der Waals surface area (Å²) in [5, 5.41) is 2.74. The number of hydrogen-bond donors (Lipinski definition) is 1. The van der Waals surface area contributed by atoms with Gasteiger partial charge in [-0.05, 0) is 31.9 Å². The molecule has 2 amide bonds. The molecule has 1 aromatic rings. The monoisotopic (exact) mass is 261 g/mol. The highest BCUT2D eigenvalue weighted by Crippen LogP contribution is 2.15. The number of piperazine rings is 1. The van der Waals surface area contributed by atoms with E-state index >= 15 is 0 Å². The Bertz CT molecular complexity index is 484. The Morgan fingerprint density at radius 2 is 2.11 bits per heavy atom. The normalized spacial score (nSPS) is 23.4. The van der Waals surface area contributed by atoms with Gasteiger partial charge in [-0.2, -0.15) is 0 Å². The van der Waals surface area contributed by atoms with Gasteiger partial charge in [0.05, 0.1) is 0 Å². The van der Waals surface area contributed by atoms with E-state index in [0.29, 0.717) is 13.0 Å². The summed E-state index contributed by atoms with van der Waals surface area (Å²) in [5.74, 6) is -0.110. The van der Waals surface area contributed by atoms with Crippen molar-refractivity contribution >= 4 is 11.8 Å². The zero-order valence-corrected chi connectivity index (χ0v) is 11.5. The van der Waals surface area contributed by atoms with Crippen molar-refractivity contribution in [3.05, 3.63) is 29.6 Å². The first-order valence-corrected chi connectivity index (χ1v) is 6.55. The van der Waals surface area contributed by atoms with E-state index in [4.69, 9.17) is 0 Å². The van der Waals surface area contributed by atoms with Gasteiger partial charge in [0.1, 0.15) is 12.1 Å². The number of rotatable bonds is 3. The molecule has 0 spiro atoms. The summed E-state index contributed by atoms with van der Waals surface area (Å²) in [6, 6.07) is 3.01. The molecule has 2 unspecified atom stereocenters. The van der Waals surface area contributed by atoms with Crippen LogP contribution in [-0.2, 0) is 16.1 Å². The molecule has 1 N–H and O–H groups in total. The number of pyridine rings is 1. The second-order valence-electron chi connectivity index (χ2n) is 4.92. The minimum atomic E-state index is -0.434. The Labute approximate surface area is 113 Å². The molecular formula is C14H19N3O2. The van der Waals surface area contributed by atoms with E-state index in [1.165, 1.54) is 0 Å². The Morgan fingerprint density at radius 3 is 2.68 bits per heavy atom. The van der Waals surface area contributed by atoms with Gasteiger partial charge >= 0.3 is 0 Å². The highest BCUT2D eigenvalue weighted by Gasteiger charge is 2.36. The maximum absolute atomic E-state index is 12.3. The van der Waals surface area contributed by atoms with Crippen LogP contribution in [0.5, 0.6) is 0 Å². The Morgan fingerprint density at radius 1 is 1.37 bits per heavy atom. The molecule has 2 rings (SSSR count). The largest absolute Gasteiger partial charge is 0.343 e. The van der Waals surface area contributed by atoms with Crippen LogP contribution in [0.4, 0.5) is 0 Å². The molecule has 2 heterocycles. The van der Waals surface area contributed by atoms with Gasteiger partial charge in [0.25, 0.3) is 0 Å². The van der Waals surface area contributed by atoms with Gasteiger partial charge in [-0.3, -0.25) is 14.6 Å². The fourth-order valence-corrected chi connectivity index (χ4v) is 2.17. The molecule has 102 valence electrons. The van der Waals surface area contributed by atoms with E-state index < -0.39 is 12.1 Å². The highest BCUT2D eigenvalue weighted by atomic mass is 16.2. The molecule has 5 heteroatoms. The summed E-state index contributed by atoms with van der Waals surface area (Å²) in [6.07, 6.45) is 2.36. The van der Waals surface area contributed by atoms with Gasteiger partial charge in [0, 0.05) is 18.4 Å². The zero-order valence-electron chi connectivity index (χ0n) is 11.5. The lowest BCUT2D eigenvalue weighted by Crippen LogP contribution is -2.61. The highest BCUT2D eigenvalue weighted by molar-refractivity contribution is 5.96. The standard InChI is InChI=1S/C14H19N3O2/c1-4-12-14(19)17(10(3)13(18)16-12)8-11-6-5-9(2)15-7-11/h5-7,10,12H,4,8H2,1-3H3,(H,16,18). The summed E-state index contributed by atoms with van der Waals surface area (Å²) in [6.45, 7) is 5.99. The van der Waals surface area contributed by atoms with E-state index in [2.05, 4.69) is 10.3 Å². The van der Waals surface area contributed by atoms with E-state index in [0.717, 1.165) is 11.3 Å². The molecule has 1 saturated heterocycles. The fraction of sp³-hybridized carbons (Fsp3) is 0.500. The summed E-state index contributed by atoms with van der Waals surface area (Å²) in [7, 11) is 0. The lowest BCUT2D eigenvalue weighted by Gasteiger charge is -2.37. The molecule has 0 aromatic carbocycles. The SMILES string of the molecule is CCC1NC(=O)C(C)N(Cc2ccc(C)nc2)C1=O. The van der Waals surface area contributed by atoms with Crippen molar-refractivity contribution in [1.29, 1.82) is 0 Å². The van der Waals surface area contributed by atoms with Crippen molar-refractivity contribution in [2.24, 2.45) is 0 Å². The molecule has 0 aliphatic carbocycles. The van der Waals surface area contributed by atoms with Gasteiger partial charge in [-0.1, -0.05) is 13.0 Å². The van der Waals surface area contributed by atoms with Crippen LogP contribution in [0, 0.1) is 6.92 Å². The molecule has 1 aromatic heterocycles. The topological polar surface area (TPSA) is 62.3 Å². The number of carbonyl (C=O) groups excluding carboxylic acids is 2. The van der Waals surface area contributed by atoms with Gasteiger partial charge in [0.15, 0.2) is 0 Å². The summed E-state index contributed by atoms with van der Waals surface area (Å²) in [5.41, 5.74) is 1.88. The fourth-order valence-electron chi connectivity index (χ4n) is 2.17. The van der Waals surface area contributed by atoms with E-state index in [-0.39, 0.29) is 11.8 Å². The minimum absolute atomic E-state index is 0.0184. The second-order valence-corrected chi connectivity index (χ2v) is 4.92. The molecule has 1 aliphatic heterocycles. The number of hydrogen-bond acceptors (Lipinski definition) is 3. The molecular weight excluding hydrogens is 242 g/mol. The van der Waals surface area contributed by atoms with Crippen molar-refractivity contribution in [3.8, 4) is 0 Å². The van der Waals surface area contributed by atoms with E-state index in [1.807, 2.05) is 26.0 Å². The predicted octanol–water partition coefficient (Wildman–Crippen LogP) is 1.02. The Hall–Kier alpha value is -1.91. The van der Waals surface area contributed by atoms with Crippen molar-refractivity contribution < 1.29 is 9.59 Å². The lowest BCUT2D eigenvalue weighted by molar-refractivity contribution is -0.149. The summed E-state index contributed by atoms with van der Waals surface area (Å²) in [4.78, 5) is 30.0. The number of aryl methyl sites for hydroxylation is 1. The molecule has 1 fully saturated rings. The lowest BCUT2D eigenvalue weighted by atomic mass is 10.1. The van der Waals surface area contributed by atoms with Crippen LogP contribution in [0.25, 0.3) is 0 Å². The smallest absolute Gasteiger partial charge is 0.246 e. The van der Waals surface area contributed by atoms with Crippen LogP contribution in [0.15, 0.2) is 18.3 Å². The third-order valence-electron chi connectivity index (χ3n) is 3.48. The number of nitrogens with zero attached hydrogens (tertiary/aromatic N) is 2. The van der Waals surface area contributed by atoms with Gasteiger partial charge < -0.3 is 10.2 Å². The maximum atomic E-state index is 12.3. The van der Waals surface area contributed by atoms with Crippen molar-refractivity contribution in [2.75, 3.05) is 0 Å². The minimum Gasteiger partial charge on any atom is -0.343 e. The van der Waals surface area contributed by atoms with Crippen LogP contribution in [0.3, 0.4) is 0 Å². The summed E-state index contributed by atoms with van der Waals surface area (Å²) >= 11 is 0. The van der Waals surface area contributed by atoms with Crippen LogP contribution in [0.2, 0.25) is 0 Å². The molecule has 2 atom stereocenters. The molecule has 0 saturated carbocycles. The van der Waals surface area contributed by atoms with E-state index in [1.54, 1.807) is 18.0 Å². The van der Waals surface area contributed by atoms with Crippen molar-refractivity contribution in [1.82, 2.24) is 15.2 Å². The van der Waals surface area contributed by atoms with Crippen LogP contribution in [0.1, 0.15) is 31.5 Å². The maximum Gasteiger partial charge on any atom is 0.246 e. The molecule has 5 nitrogen and oxygen atoms in total. The molecule has 0 radical (unpaired) electrons. The van der Waals surface area contributed by atoms with E-state index in [9.17, 15) is 9.59 Å². The average Bonchev–Trinajstić information content (AvgIpc) is 2.41. The molecule has 19 heavy (non-hydrogen) atoms. The van der Waals surface area contributed by atoms with Crippen molar-refractivity contribution in [2.45, 2.75) is 45.8 Å². The third kappa shape index (κ3) is 2.75. The quantitative estimate of drug-likeness (QED) is 0.883. The Balaban J connectivity index is 2.18. The van der Waals surface area contributed by atoms with Gasteiger partial charge in [0.2, 0.25) is 11.8 Å². The van der Waals surface area contributed by atoms with Crippen molar-refractivity contribution in [3.63, 3.8) is 0 Å². The first kappa shape index (κ1) is 13.5. The third-order valence-corrected chi connectivity index (χ3v) is 3.48. The number of aromatic nitrogens is 1. The Kier molecular flexibility index (Phi) is 3.83. The first-order valence-electron chi connectivity index (χ1n) is 6.55. The number of amides is 2. The molecule has 0 bridgehead atoms. The van der Waals surface area contributed by atoms with Gasteiger partial charge in [-0.25, -0.2) is 0 Å². The predicted molar refractivity (Wildman–Crippen MR) is 71.2 cm³/mol. The van der Waals surface area contributed by atoms with Gasteiger partial charge in [-0.15, -0.1) is 0 Å². The second kappa shape index (κ2) is 5.38. The van der Waals surface area contributed by atoms with Crippen LogP contribution < -0.4 is 5.32 Å². The zero-order chi connectivity index (χ0) is 14.0. The summed E-state index contributed by atoms with van der Waals surface area (Å²) < 4.78 is 0. The molecule has 1 aliphatic rings. The van der Waals surface area contributed by atoms with Crippen LogP contribution in [-0.4, -0.2) is 33.8 Å².